The molecule has 1 amide bonds. The number of halogens is 1. The van der Waals surface area contributed by atoms with Crippen molar-refractivity contribution in [2.24, 2.45) is 4.99 Å². The van der Waals surface area contributed by atoms with Crippen molar-refractivity contribution in [2.45, 2.75) is 57.3 Å². The molecule has 0 spiro atoms. The number of allylic oxidation sites excluding steroid dienone is 1. The van der Waals surface area contributed by atoms with E-state index in [1.54, 1.807) is 58.0 Å². The lowest BCUT2D eigenvalue weighted by atomic mass is 9.86. The van der Waals surface area contributed by atoms with E-state index in [9.17, 15) is 13.2 Å². The van der Waals surface area contributed by atoms with E-state index in [0.29, 0.717) is 0 Å². The van der Waals surface area contributed by atoms with E-state index in [1.165, 1.54) is 25.2 Å². The van der Waals surface area contributed by atoms with E-state index < -0.39 is 38.5 Å². The van der Waals surface area contributed by atoms with Gasteiger partial charge in [0.15, 0.2) is 0 Å². The van der Waals surface area contributed by atoms with Crippen LogP contribution in [0.2, 0.25) is 0 Å². The number of ether oxygens (including phenoxy) is 2. The van der Waals surface area contributed by atoms with Gasteiger partial charge >= 0.3 is 6.09 Å². The van der Waals surface area contributed by atoms with Crippen molar-refractivity contribution in [2.75, 3.05) is 7.05 Å². The molecular formula is C26H32FN3O5S. The third-order valence-electron chi connectivity index (χ3n) is 5.51. The highest BCUT2D eigenvalue weighted by Gasteiger charge is 2.55. The maximum atomic E-state index is 15.3. The van der Waals surface area contributed by atoms with Gasteiger partial charge in [0.1, 0.15) is 17.0 Å². The van der Waals surface area contributed by atoms with Gasteiger partial charge in [-0.05, 0) is 45.7 Å². The number of hydrogen-bond acceptors (Lipinski definition) is 6. The van der Waals surface area contributed by atoms with E-state index in [2.05, 4.69) is 10.3 Å². The van der Waals surface area contributed by atoms with Gasteiger partial charge in [-0.1, -0.05) is 60.7 Å². The Morgan fingerprint density at radius 3 is 2.42 bits per heavy atom. The fourth-order valence-electron chi connectivity index (χ4n) is 3.84. The second-order valence-corrected chi connectivity index (χ2v) is 11.4. The number of benzene rings is 2. The van der Waals surface area contributed by atoms with Crippen molar-refractivity contribution in [1.82, 2.24) is 9.62 Å². The number of carbonyl (C=O) groups is 1. The Morgan fingerprint density at radius 1 is 1.17 bits per heavy atom. The summed E-state index contributed by atoms with van der Waals surface area (Å²) in [4.78, 5) is 17.2. The lowest BCUT2D eigenvalue weighted by Crippen LogP contribution is -2.60. The molecular weight excluding hydrogens is 485 g/mol. The van der Waals surface area contributed by atoms with Gasteiger partial charge in [0, 0.05) is 12.6 Å². The standard InChI is InChI=1S/C26H32FN3O5S/c1-6-7-17-26(20-15-11-12-16-21(20)27)22(34-18-19-13-9-8-10-14-19)36(32,33)30(5)23(29-26)28-24(31)35-25(2,3)4/h6-16,22H,17-18H2,1-5H3,(H,28,29,31). The Balaban J connectivity index is 2.19. The zero-order chi connectivity index (χ0) is 26.6. The molecule has 2 unspecified atom stereocenters. The highest BCUT2D eigenvalue weighted by Crippen LogP contribution is 2.43. The predicted octanol–water partition coefficient (Wildman–Crippen LogP) is 4.69. The molecule has 0 bridgehead atoms. The first-order valence-electron chi connectivity index (χ1n) is 11.5. The smallest absolute Gasteiger partial charge is 0.414 e. The first kappa shape index (κ1) is 27.3. The molecule has 0 saturated heterocycles. The largest absolute Gasteiger partial charge is 0.444 e. The molecule has 2 aromatic carbocycles. The van der Waals surface area contributed by atoms with Gasteiger partial charge in [0.25, 0.3) is 10.0 Å². The van der Waals surface area contributed by atoms with E-state index in [-0.39, 0.29) is 24.6 Å². The van der Waals surface area contributed by atoms with Crippen LogP contribution >= 0.6 is 0 Å². The van der Waals surface area contributed by atoms with Crippen molar-refractivity contribution >= 4 is 22.1 Å². The predicted molar refractivity (Wildman–Crippen MR) is 136 cm³/mol. The van der Waals surface area contributed by atoms with Crippen LogP contribution < -0.4 is 5.32 Å². The SMILES string of the molecule is CC=CCC1(c2ccccc2F)N=C(NC(=O)OC(C)(C)C)N(C)S(=O)(=O)C1OCc1ccccc1. The molecule has 2 aromatic rings. The quantitative estimate of drug-likeness (QED) is 0.561. The Bertz CT molecular complexity index is 1240. The molecule has 1 aliphatic rings. The number of hydrogen-bond donors (Lipinski definition) is 1. The number of carbonyl (C=O) groups excluding carboxylic acids is 1. The van der Waals surface area contributed by atoms with Crippen molar-refractivity contribution in [3.05, 3.63) is 83.7 Å². The monoisotopic (exact) mass is 517 g/mol. The molecule has 0 aromatic heterocycles. The Hall–Kier alpha value is -3.24. The maximum absolute atomic E-state index is 15.3. The Kier molecular flexibility index (Phi) is 8.20. The number of alkyl carbamates (subject to hydrolysis) is 1. The zero-order valence-electron chi connectivity index (χ0n) is 21.1. The summed E-state index contributed by atoms with van der Waals surface area (Å²) in [6, 6.07) is 14.9. The number of rotatable bonds is 6. The van der Waals surface area contributed by atoms with Gasteiger partial charge in [-0.2, -0.15) is 0 Å². The summed E-state index contributed by atoms with van der Waals surface area (Å²) in [7, 11) is -3.05. The lowest BCUT2D eigenvalue weighted by molar-refractivity contribution is 0.0327. The van der Waals surface area contributed by atoms with Crippen LogP contribution in [0.15, 0.2) is 71.7 Å². The Labute approximate surface area is 211 Å². The minimum absolute atomic E-state index is 0.00351. The van der Waals surface area contributed by atoms with Gasteiger partial charge in [-0.15, -0.1) is 0 Å². The fourth-order valence-corrected chi connectivity index (χ4v) is 5.47. The number of aliphatic imine (C=N–C) groups is 1. The third kappa shape index (κ3) is 5.93. The van der Waals surface area contributed by atoms with E-state index in [4.69, 9.17) is 9.47 Å². The lowest BCUT2D eigenvalue weighted by Gasteiger charge is -2.43. The Morgan fingerprint density at radius 2 is 1.81 bits per heavy atom. The van der Waals surface area contributed by atoms with Crippen LogP contribution in [0.5, 0.6) is 0 Å². The van der Waals surface area contributed by atoms with Gasteiger partial charge in [0.2, 0.25) is 11.4 Å². The average Bonchev–Trinajstić information content (AvgIpc) is 2.80. The summed E-state index contributed by atoms with van der Waals surface area (Å²) in [5.74, 6) is -0.938. The van der Waals surface area contributed by atoms with E-state index in [1.807, 2.05) is 18.2 Å². The van der Waals surface area contributed by atoms with Crippen LogP contribution in [-0.2, 0) is 31.6 Å². The highest BCUT2D eigenvalue weighted by atomic mass is 32.2. The van der Waals surface area contributed by atoms with Crippen LogP contribution in [0.1, 0.15) is 45.2 Å². The summed E-state index contributed by atoms with van der Waals surface area (Å²) in [5.41, 5.74) is -3.38. The van der Waals surface area contributed by atoms with Gasteiger partial charge in [0.05, 0.1) is 6.61 Å². The molecule has 2 atom stereocenters. The van der Waals surface area contributed by atoms with Gasteiger partial charge in [-0.25, -0.2) is 26.9 Å². The molecule has 1 N–H and O–H groups in total. The zero-order valence-corrected chi connectivity index (χ0v) is 21.9. The minimum Gasteiger partial charge on any atom is -0.444 e. The molecule has 0 radical (unpaired) electrons. The highest BCUT2D eigenvalue weighted by molar-refractivity contribution is 7.90. The first-order chi connectivity index (χ1) is 16.9. The van der Waals surface area contributed by atoms with Crippen LogP contribution in [-0.4, -0.2) is 42.9 Å². The third-order valence-corrected chi connectivity index (χ3v) is 7.51. The maximum Gasteiger partial charge on any atom is 0.414 e. The normalized spacial score (nSPS) is 21.8. The van der Waals surface area contributed by atoms with Crippen molar-refractivity contribution < 1.29 is 27.1 Å². The minimum atomic E-state index is -4.30. The van der Waals surface area contributed by atoms with E-state index in [0.717, 1.165) is 9.87 Å². The number of sulfonamides is 1. The van der Waals surface area contributed by atoms with Gasteiger partial charge < -0.3 is 9.47 Å². The molecule has 3 rings (SSSR count). The second-order valence-electron chi connectivity index (χ2n) is 9.38. The molecule has 0 saturated carbocycles. The molecule has 1 aliphatic heterocycles. The molecule has 194 valence electrons. The number of nitrogens with one attached hydrogen (secondary N) is 1. The topological polar surface area (TPSA) is 97.3 Å². The molecule has 10 heteroatoms. The van der Waals surface area contributed by atoms with Crippen molar-refractivity contribution in [3.8, 4) is 0 Å². The van der Waals surface area contributed by atoms with Crippen LogP contribution in [0.3, 0.4) is 0 Å². The van der Waals surface area contributed by atoms with Gasteiger partial charge in [-0.3, -0.25) is 5.32 Å². The van der Waals surface area contributed by atoms with Crippen LogP contribution in [0.4, 0.5) is 9.18 Å². The summed E-state index contributed by atoms with van der Waals surface area (Å²) in [6.45, 7) is 6.76. The summed E-state index contributed by atoms with van der Waals surface area (Å²) in [5, 5.41) is 2.43. The summed E-state index contributed by atoms with van der Waals surface area (Å²) in [6.07, 6.45) is 2.52. The molecule has 0 aliphatic carbocycles. The number of guanidine groups is 1. The molecule has 0 fully saturated rings. The first-order valence-corrected chi connectivity index (χ1v) is 13.0. The summed E-state index contributed by atoms with van der Waals surface area (Å²) < 4.78 is 55.1. The van der Waals surface area contributed by atoms with Crippen LogP contribution in [0, 0.1) is 5.82 Å². The molecule has 36 heavy (non-hydrogen) atoms. The second kappa shape index (κ2) is 10.8. The van der Waals surface area contributed by atoms with Crippen molar-refractivity contribution in [1.29, 1.82) is 0 Å². The molecule has 1 heterocycles. The van der Waals surface area contributed by atoms with Crippen molar-refractivity contribution in [3.63, 3.8) is 0 Å². The summed E-state index contributed by atoms with van der Waals surface area (Å²) >= 11 is 0. The molecule has 8 nitrogen and oxygen atoms in total. The van der Waals surface area contributed by atoms with Crippen LogP contribution in [0.25, 0.3) is 0 Å². The average molecular weight is 518 g/mol. The van der Waals surface area contributed by atoms with E-state index >= 15 is 4.39 Å². The fraction of sp³-hybridized carbons (Fsp3) is 0.385. The number of nitrogens with zero attached hydrogens (tertiary/aromatic N) is 2. The number of amides is 1.